The number of ether oxygens (including phenoxy) is 2. The number of amides is 1. The van der Waals surface area contributed by atoms with Gasteiger partial charge in [-0.1, -0.05) is 244 Å². The summed E-state index contributed by atoms with van der Waals surface area (Å²) in [5.41, 5.74) is 0. The van der Waals surface area contributed by atoms with E-state index in [1.165, 1.54) is 180 Å². The van der Waals surface area contributed by atoms with Crippen molar-refractivity contribution in [3.05, 3.63) is 24.3 Å². The molecule has 1 aliphatic heterocycles. The van der Waals surface area contributed by atoms with E-state index < -0.39 is 74.2 Å². The first kappa shape index (κ1) is 64.6. The maximum absolute atomic E-state index is 13.1. The fraction of sp³-hybridized carbons (Fsp3) is 0.912. The van der Waals surface area contributed by atoms with Gasteiger partial charge < -0.3 is 50.5 Å². The van der Waals surface area contributed by atoms with Crippen LogP contribution in [0.2, 0.25) is 0 Å². The zero-order valence-electron chi connectivity index (χ0n) is 43.9. The van der Waals surface area contributed by atoms with Crippen LogP contribution in [0.15, 0.2) is 24.3 Å². The Bertz CT molecular complexity index is 1160. The maximum atomic E-state index is 13.1. The molecule has 9 atom stereocenters. The molecule has 0 saturated carbocycles. The number of allylic oxidation sites excluding steroid dienone is 4. The molecule has 1 saturated heterocycles. The van der Waals surface area contributed by atoms with Crippen LogP contribution >= 0.6 is 0 Å². The number of nitrogens with one attached hydrogen (secondary N) is 1. The van der Waals surface area contributed by atoms with E-state index in [0.717, 1.165) is 44.9 Å². The molecule has 1 rings (SSSR count). The van der Waals surface area contributed by atoms with Crippen LogP contribution in [0.25, 0.3) is 0 Å². The molecule has 0 spiro atoms. The molecule has 0 aromatic carbocycles. The van der Waals surface area contributed by atoms with E-state index >= 15 is 0 Å². The number of carbonyl (C=O) groups is 1. The van der Waals surface area contributed by atoms with Gasteiger partial charge in [0.15, 0.2) is 6.29 Å². The SMILES string of the molecule is CCCCCCCCCCC/C=C\C/C=C\CCCCCCCCCCCCCCCCC(O)C(=O)NC(COC1OC(CO)C(O)C(O)C1O)C(O)C(O)CCCCCCCCCCCCC. The third kappa shape index (κ3) is 34.8. The van der Waals surface area contributed by atoms with Gasteiger partial charge in [0.05, 0.1) is 25.4 Å². The number of carbonyl (C=O) groups excluding carboxylic acids is 1. The molecule has 0 aromatic rings. The molecule has 1 heterocycles. The van der Waals surface area contributed by atoms with Gasteiger partial charge in [0.1, 0.15) is 36.6 Å². The Hall–Kier alpha value is -1.41. The lowest BCUT2D eigenvalue weighted by Gasteiger charge is -2.40. The Balaban J connectivity index is 2.21. The van der Waals surface area contributed by atoms with Crippen LogP contribution in [0.3, 0.4) is 0 Å². The lowest BCUT2D eigenvalue weighted by molar-refractivity contribution is -0.303. The molecule has 11 heteroatoms. The topological polar surface area (TPSA) is 189 Å². The summed E-state index contributed by atoms with van der Waals surface area (Å²) in [6, 6.07) is -1.17. The quantitative estimate of drug-likeness (QED) is 0.0215. The molecule has 68 heavy (non-hydrogen) atoms. The van der Waals surface area contributed by atoms with Gasteiger partial charge in [-0.05, 0) is 44.9 Å². The van der Waals surface area contributed by atoms with Gasteiger partial charge in [0, 0.05) is 0 Å². The third-order valence-corrected chi connectivity index (χ3v) is 14.0. The van der Waals surface area contributed by atoms with Crippen molar-refractivity contribution in [3.8, 4) is 0 Å². The first-order valence-electron chi connectivity index (χ1n) is 28.7. The summed E-state index contributed by atoms with van der Waals surface area (Å²) in [7, 11) is 0. The number of hydrogen-bond acceptors (Lipinski definition) is 10. The summed E-state index contributed by atoms with van der Waals surface area (Å²) >= 11 is 0. The average molecular weight is 968 g/mol. The van der Waals surface area contributed by atoms with E-state index in [9.17, 15) is 40.5 Å². The second kappa shape index (κ2) is 46.6. The van der Waals surface area contributed by atoms with E-state index in [0.29, 0.717) is 19.3 Å². The summed E-state index contributed by atoms with van der Waals surface area (Å²) < 4.78 is 11.1. The molecule has 9 unspecified atom stereocenters. The van der Waals surface area contributed by atoms with E-state index in [1.54, 1.807) is 0 Å². The fourth-order valence-corrected chi connectivity index (χ4v) is 9.30. The van der Waals surface area contributed by atoms with E-state index in [1.807, 2.05) is 0 Å². The zero-order chi connectivity index (χ0) is 49.7. The van der Waals surface area contributed by atoms with Crippen molar-refractivity contribution in [2.24, 2.45) is 0 Å². The predicted molar refractivity (Wildman–Crippen MR) is 279 cm³/mol. The average Bonchev–Trinajstić information content (AvgIpc) is 3.34. The van der Waals surface area contributed by atoms with Crippen molar-refractivity contribution < 1.29 is 50.0 Å². The third-order valence-electron chi connectivity index (χ3n) is 14.0. The van der Waals surface area contributed by atoms with Crippen molar-refractivity contribution in [1.82, 2.24) is 5.32 Å². The summed E-state index contributed by atoms with van der Waals surface area (Å²) in [4.78, 5) is 13.1. The van der Waals surface area contributed by atoms with E-state index in [2.05, 4.69) is 43.5 Å². The normalized spacial score (nSPS) is 20.6. The molecule has 8 N–H and O–H groups in total. The highest BCUT2D eigenvalue weighted by atomic mass is 16.7. The van der Waals surface area contributed by atoms with Crippen LogP contribution < -0.4 is 5.32 Å². The lowest BCUT2D eigenvalue weighted by atomic mass is 9.98. The molecule has 0 radical (unpaired) electrons. The van der Waals surface area contributed by atoms with Gasteiger partial charge in [-0.3, -0.25) is 4.79 Å². The molecule has 1 fully saturated rings. The minimum atomic E-state index is -1.66. The van der Waals surface area contributed by atoms with Gasteiger partial charge in [0.2, 0.25) is 5.91 Å². The summed E-state index contributed by atoms with van der Waals surface area (Å²) in [6.45, 7) is 3.45. The number of aliphatic hydroxyl groups excluding tert-OH is 7. The Morgan fingerprint density at radius 3 is 1.31 bits per heavy atom. The molecule has 1 aliphatic rings. The summed E-state index contributed by atoms with van der Waals surface area (Å²) in [6.07, 6.45) is 43.9. The van der Waals surface area contributed by atoms with Crippen LogP contribution in [0.1, 0.15) is 264 Å². The van der Waals surface area contributed by atoms with Gasteiger partial charge in [-0.15, -0.1) is 0 Å². The van der Waals surface area contributed by atoms with Crippen LogP contribution in [0, 0.1) is 0 Å². The smallest absolute Gasteiger partial charge is 0.249 e. The highest BCUT2D eigenvalue weighted by Gasteiger charge is 2.44. The van der Waals surface area contributed by atoms with Crippen molar-refractivity contribution in [2.45, 2.75) is 319 Å². The Morgan fingerprint density at radius 1 is 0.515 bits per heavy atom. The Kier molecular flexibility index (Phi) is 44.3. The number of aliphatic hydroxyl groups is 7. The molecule has 402 valence electrons. The van der Waals surface area contributed by atoms with Crippen LogP contribution in [0.5, 0.6) is 0 Å². The molecular weight excluding hydrogens is 859 g/mol. The zero-order valence-corrected chi connectivity index (χ0v) is 43.9. The number of hydrogen-bond donors (Lipinski definition) is 8. The molecule has 0 bridgehead atoms. The van der Waals surface area contributed by atoms with Gasteiger partial charge in [0.25, 0.3) is 0 Å². The first-order valence-corrected chi connectivity index (χ1v) is 28.7. The standard InChI is InChI=1S/C57H109NO10/c1-3-5-7-9-11-13-15-16-17-18-19-20-21-22-23-24-25-26-27-28-29-30-31-32-33-35-37-39-41-43-45-50(61)56(66)58-48(47-67-57-55(65)54(64)53(63)51(46-59)68-57)52(62)49(60)44-42-40-38-36-34-14-12-10-8-6-4-2/h19-20,22-23,48-55,57,59-65H,3-18,21,24-47H2,1-2H3,(H,58,66)/b20-19-,23-22-. The maximum Gasteiger partial charge on any atom is 0.249 e. The van der Waals surface area contributed by atoms with Gasteiger partial charge >= 0.3 is 0 Å². The fourth-order valence-electron chi connectivity index (χ4n) is 9.30. The van der Waals surface area contributed by atoms with E-state index in [4.69, 9.17) is 9.47 Å². The second-order valence-electron chi connectivity index (χ2n) is 20.4. The van der Waals surface area contributed by atoms with Crippen LogP contribution in [-0.2, 0) is 14.3 Å². The summed E-state index contributed by atoms with van der Waals surface area (Å²) in [5, 5.41) is 75.9. The number of unbranched alkanes of at least 4 members (excludes halogenated alkanes) is 33. The van der Waals surface area contributed by atoms with Crippen molar-refractivity contribution in [3.63, 3.8) is 0 Å². The van der Waals surface area contributed by atoms with Crippen molar-refractivity contribution in [2.75, 3.05) is 13.2 Å². The van der Waals surface area contributed by atoms with Gasteiger partial charge in [-0.2, -0.15) is 0 Å². The summed E-state index contributed by atoms with van der Waals surface area (Å²) in [5.74, 6) is -0.696. The highest BCUT2D eigenvalue weighted by Crippen LogP contribution is 2.23. The Labute approximate surface area is 416 Å². The van der Waals surface area contributed by atoms with Crippen molar-refractivity contribution >= 4 is 5.91 Å². The predicted octanol–water partition coefficient (Wildman–Crippen LogP) is 11.7. The molecule has 11 nitrogen and oxygen atoms in total. The minimum Gasteiger partial charge on any atom is -0.394 e. The van der Waals surface area contributed by atoms with E-state index in [-0.39, 0.29) is 6.42 Å². The second-order valence-corrected chi connectivity index (χ2v) is 20.4. The minimum absolute atomic E-state index is 0.261. The monoisotopic (exact) mass is 968 g/mol. The molecule has 0 aliphatic carbocycles. The highest BCUT2D eigenvalue weighted by molar-refractivity contribution is 5.80. The number of rotatable bonds is 49. The van der Waals surface area contributed by atoms with Crippen LogP contribution in [0.4, 0.5) is 0 Å². The largest absolute Gasteiger partial charge is 0.394 e. The molecule has 0 aromatic heterocycles. The first-order chi connectivity index (χ1) is 33.2. The van der Waals surface area contributed by atoms with Crippen LogP contribution in [-0.4, -0.2) is 110 Å². The van der Waals surface area contributed by atoms with Crippen molar-refractivity contribution in [1.29, 1.82) is 0 Å². The Morgan fingerprint density at radius 2 is 0.897 bits per heavy atom. The molecule has 1 amide bonds. The van der Waals surface area contributed by atoms with Gasteiger partial charge in [-0.25, -0.2) is 0 Å². The lowest BCUT2D eigenvalue weighted by Crippen LogP contribution is -2.60. The molecular formula is C57H109NO10.